The Morgan fingerprint density at radius 3 is 2.62 bits per heavy atom. The molecule has 0 saturated heterocycles. The van der Waals surface area contributed by atoms with Crippen molar-refractivity contribution in [3.63, 3.8) is 0 Å². The number of nitrogens with zero attached hydrogens (tertiary/aromatic N) is 2. The Labute approximate surface area is 143 Å². The number of aryl methyl sites for hydroxylation is 2. The van der Waals surface area contributed by atoms with E-state index in [2.05, 4.69) is 78.1 Å². The van der Waals surface area contributed by atoms with E-state index in [9.17, 15) is 0 Å². The monoisotopic (exact) mass is 413 g/mol. The van der Waals surface area contributed by atoms with Crippen LogP contribution in [-0.2, 0) is 13.0 Å². The standard InChI is InChI=1S/C16H21Br2N3/c1-4-21-15(16(18)11(2)20-21)9-12(10-19-3)13-7-5-6-8-14(13)17/h5-8,12,19H,4,9-10H2,1-3H3. The zero-order valence-electron chi connectivity index (χ0n) is 12.7. The van der Waals surface area contributed by atoms with Crippen molar-refractivity contribution in [3.05, 3.63) is 50.2 Å². The number of aromatic nitrogens is 2. The van der Waals surface area contributed by atoms with Gasteiger partial charge in [-0.05, 0) is 54.9 Å². The summed E-state index contributed by atoms with van der Waals surface area (Å²) < 4.78 is 4.40. The lowest BCUT2D eigenvalue weighted by Crippen LogP contribution is -2.21. The summed E-state index contributed by atoms with van der Waals surface area (Å²) in [6.07, 6.45) is 0.957. The smallest absolute Gasteiger partial charge is 0.0738 e. The van der Waals surface area contributed by atoms with Gasteiger partial charge in [0.2, 0.25) is 0 Å². The highest BCUT2D eigenvalue weighted by atomic mass is 79.9. The summed E-state index contributed by atoms with van der Waals surface area (Å²) in [5, 5.41) is 7.91. The third-order valence-corrected chi connectivity index (χ3v) is 5.44. The third kappa shape index (κ3) is 3.76. The number of nitrogens with one attached hydrogen (secondary N) is 1. The number of hydrogen-bond acceptors (Lipinski definition) is 2. The van der Waals surface area contributed by atoms with Crippen LogP contribution in [0, 0.1) is 6.92 Å². The van der Waals surface area contributed by atoms with Crippen molar-refractivity contribution in [2.24, 2.45) is 0 Å². The molecule has 0 aliphatic heterocycles. The van der Waals surface area contributed by atoms with E-state index < -0.39 is 0 Å². The lowest BCUT2D eigenvalue weighted by atomic mass is 9.94. The second-order valence-electron chi connectivity index (χ2n) is 5.14. The number of benzene rings is 1. The predicted molar refractivity (Wildman–Crippen MR) is 94.9 cm³/mol. The van der Waals surface area contributed by atoms with Gasteiger partial charge in [-0.25, -0.2) is 0 Å². The van der Waals surface area contributed by atoms with Crippen molar-refractivity contribution in [1.82, 2.24) is 15.1 Å². The first-order valence-corrected chi connectivity index (χ1v) is 8.77. The summed E-state index contributed by atoms with van der Waals surface area (Å²) in [6.45, 7) is 6.01. The molecule has 114 valence electrons. The first-order valence-electron chi connectivity index (χ1n) is 7.19. The molecular formula is C16H21Br2N3. The fraction of sp³-hybridized carbons (Fsp3) is 0.438. The summed E-state index contributed by atoms with van der Waals surface area (Å²) in [5.74, 6) is 0.406. The van der Waals surface area contributed by atoms with Crippen molar-refractivity contribution in [1.29, 1.82) is 0 Å². The van der Waals surface area contributed by atoms with Crippen molar-refractivity contribution < 1.29 is 0 Å². The quantitative estimate of drug-likeness (QED) is 0.764. The predicted octanol–water partition coefficient (Wildman–Crippen LogP) is 4.28. The van der Waals surface area contributed by atoms with E-state index in [1.807, 2.05) is 14.0 Å². The minimum atomic E-state index is 0.406. The van der Waals surface area contributed by atoms with E-state index in [1.165, 1.54) is 15.7 Å². The van der Waals surface area contributed by atoms with E-state index >= 15 is 0 Å². The van der Waals surface area contributed by atoms with Crippen LogP contribution in [0.4, 0.5) is 0 Å². The van der Waals surface area contributed by atoms with Crippen LogP contribution in [0.1, 0.15) is 29.8 Å². The number of likely N-dealkylation sites (N-methyl/N-ethyl adjacent to an activating group) is 1. The van der Waals surface area contributed by atoms with E-state index in [0.717, 1.165) is 29.7 Å². The SMILES string of the molecule is CCn1nc(C)c(Br)c1CC(CNC)c1ccccc1Br. The zero-order valence-corrected chi connectivity index (χ0v) is 15.8. The average molecular weight is 415 g/mol. The average Bonchev–Trinajstić information content (AvgIpc) is 2.75. The largest absolute Gasteiger partial charge is 0.319 e. The van der Waals surface area contributed by atoms with Gasteiger partial charge in [-0.2, -0.15) is 5.10 Å². The Hall–Kier alpha value is -0.650. The van der Waals surface area contributed by atoms with Gasteiger partial charge in [0.05, 0.1) is 15.9 Å². The Balaban J connectivity index is 2.35. The molecule has 1 atom stereocenters. The molecule has 0 bridgehead atoms. The van der Waals surface area contributed by atoms with Crippen molar-refractivity contribution in [2.75, 3.05) is 13.6 Å². The Morgan fingerprint density at radius 1 is 1.29 bits per heavy atom. The maximum atomic E-state index is 4.60. The van der Waals surface area contributed by atoms with Gasteiger partial charge < -0.3 is 5.32 Å². The molecule has 1 aromatic carbocycles. The van der Waals surface area contributed by atoms with Crippen LogP contribution in [0.5, 0.6) is 0 Å². The Bertz CT molecular complexity index is 608. The maximum Gasteiger partial charge on any atom is 0.0738 e. The van der Waals surface area contributed by atoms with E-state index in [0.29, 0.717) is 5.92 Å². The fourth-order valence-electron chi connectivity index (χ4n) is 2.64. The number of rotatable bonds is 6. The lowest BCUT2D eigenvalue weighted by Gasteiger charge is -2.19. The van der Waals surface area contributed by atoms with Gasteiger partial charge in [0.1, 0.15) is 0 Å². The normalized spacial score (nSPS) is 12.6. The topological polar surface area (TPSA) is 29.9 Å². The van der Waals surface area contributed by atoms with Crippen LogP contribution in [0.2, 0.25) is 0 Å². The molecule has 2 aromatic rings. The molecule has 0 aliphatic rings. The first kappa shape index (κ1) is 16.7. The van der Waals surface area contributed by atoms with E-state index in [-0.39, 0.29) is 0 Å². The summed E-state index contributed by atoms with van der Waals surface area (Å²) in [7, 11) is 2.00. The van der Waals surface area contributed by atoms with Crippen molar-refractivity contribution in [3.8, 4) is 0 Å². The van der Waals surface area contributed by atoms with Crippen LogP contribution in [0.3, 0.4) is 0 Å². The van der Waals surface area contributed by atoms with Crippen LogP contribution < -0.4 is 5.32 Å². The molecule has 0 aliphatic carbocycles. The molecule has 0 fully saturated rings. The van der Waals surface area contributed by atoms with Gasteiger partial charge in [0, 0.05) is 23.5 Å². The lowest BCUT2D eigenvalue weighted by molar-refractivity contribution is 0.561. The maximum absolute atomic E-state index is 4.60. The molecule has 2 rings (SSSR count). The molecule has 1 unspecified atom stereocenters. The molecule has 0 amide bonds. The van der Waals surface area contributed by atoms with Crippen LogP contribution in [0.15, 0.2) is 33.2 Å². The molecule has 3 nitrogen and oxygen atoms in total. The van der Waals surface area contributed by atoms with Crippen molar-refractivity contribution >= 4 is 31.9 Å². The van der Waals surface area contributed by atoms with Crippen LogP contribution >= 0.6 is 31.9 Å². The van der Waals surface area contributed by atoms with E-state index in [1.54, 1.807) is 0 Å². The third-order valence-electron chi connectivity index (χ3n) is 3.69. The van der Waals surface area contributed by atoms with Crippen LogP contribution in [0.25, 0.3) is 0 Å². The van der Waals surface area contributed by atoms with Crippen LogP contribution in [-0.4, -0.2) is 23.4 Å². The molecule has 0 radical (unpaired) electrons. The fourth-order valence-corrected chi connectivity index (χ4v) is 3.70. The molecule has 1 heterocycles. The molecule has 1 aromatic heterocycles. The Kier molecular flexibility index (Phi) is 6.02. The summed E-state index contributed by atoms with van der Waals surface area (Å²) in [6, 6.07) is 8.45. The molecule has 1 N–H and O–H groups in total. The van der Waals surface area contributed by atoms with Gasteiger partial charge in [-0.15, -0.1) is 0 Å². The summed E-state index contributed by atoms with van der Waals surface area (Å²) in [4.78, 5) is 0. The first-order chi connectivity index (χ1) is 10.1. The Morgan fingerprint density at radius 2 is 2.00 bits per heavy atom. The second kappa shape index (κ2) is 7.56. The van der Waals surface area contributed by atoms with Gasteiger partial charge in [-0.3, -0.25) is 4.68 Å². The highest BCUT2D eigenvalue weighted by Crippen LogP contribution is 2.31. The zero-order chi connectivity index (χ0) is 15.4. The van der Waals surface area contributed by atoms with Gasteiger partial charge >= 0.3 is 0 Å². The minimum Gasteiger partial charge on any atom is -0.319 e. The van der Waals surface area contributed by atoms with Gasteiger partial charge in [0.25, 0.3) is 0 Å². The summed E-state index contributed by atoms with van der Waals surface area (Å²) >= 11 is 7.37. The molecule has 21 heavy (non-hydrogen) atoms. The molecule has 0 spiro atoms. The molecular weight excluding hydrogens is 394 g/mol. The molecule has 0 saturated carbocycles. The minimum absolute atomic E-state index is 0.406. The van der Waals surface area contributed by atoms with Crippen molar-refractivity contribution in [2.45, 2.75) is 32.7 Å². The highest BCUT2D eigenvalue weighted by molar-refractivity contribution is 9.10. The summed E-state index contributed by atoms with van der Waals surface area (Å²) in [5.41, 5.74) is 3.66. The molecule has 5 heteroatoms. The second-order valence-corrected chi connectivity index (χ2v) is 6.79. The number of hydrogen-bond donors (Lipinski definition) is 1. The van der Waals surface area contributed by atoms with Gasteiger partial charge in [0.15, 0.2) is 0 Å². The number of halogens is 2. The van der Waals surface area contributed by atoms with Gasteiger partial charge in [-0.1, -0.05) is 34.1 Å². The van der Waals surface area contributed by atoms with E-state index in [4.69, 9.17) is 0 Å². The highest BCUT2D eigenvalue weighted by Gasteiger charge is 2.20.